The van der Waals surface area contributed by atoms with Crippen LogP contribution in [0.25, 0.3) is 0 Å². The van der Waals surface area contributed by atoms with Gasteiger partial charge in [0.15, 0.2) is 0 Å². The van der Waals surface area contributed by atoms with Crippen LogP contribution in [0.15, 0.2) is 14.7 Å². The summed E-state index contributed by atoms with van der Waals surface area (Å²) in [5, 5.41) is 3.02. The third kappa shape index (κ3) is 3.37. The molecule has 2 heterocycles. The van der Waals surface area contributed by atoms with Crippen molar-refractivity contribution in [3.05, 3.63) is 14.7 Å². The lowest BCUT2D eigenvalue weighted by molar-refractivity contribution is 0.0102. The highest BCUT2D eigenvalue weighted by molar-refractivity contribution is 9.11. The summed E-state index contributed by atoms with van der Waals surface area (Å²) in [5.74, 6) is 0. The minimum Gasteiger partial charge on any atom is -0.376 e. The minimum absolute atomic E-state index is 0.0577. The van der Waals surface area contributed by atoms with Crippen molar-refractivity contribution < 1.29 is 13.2 Å². The second-order valence-electron chi connectivity index (χ2n) is 4.43. The Balaban J connectivity index is 2.28. The van der Waals surface area contributed by atoms with E-state index in [1.807, 2.05) is 14.0 Å². The van der Waals surface area contributed by atoms with Gasteiger partial charge in [0.05, 0.1) is 16.5 Å². The summed E-state index contributed by atoms with van der Waals surface area (Å²) < 4.78 is 32.7. The van der Waals surface area contributed by atoms with Crippen molar-refractivity contribution in [3.63, 3.8) is 0 Å². The van der Waals surface area contributed by atoms with E-state index >= 15 is 0 Å². The molecule has 0 aliphatic carbocycles. The van der Waals surface area contributed by atoms with Crippen LogP contribution in [0.5, 0.6) is 0 Å². The molecule has 1 aromatic rings. The fraction of sp³-hybridized carbons (Fsp3) is 0.636. The summed E-state index contributed by atoms with van der Waals surface area (Å²) in [5.41, 5.74) is 0. The number of halogens is 1. The molecule has 8 heteroatoms. The lowest BCUT2D eigenvalue weighted by Crippen LogP contribution is -2.44. The highest BCUT2D eigenvalue weighted by atomic mass is 79.9. The molecule has 108 valence electrons. The normalized spacial score (nSPS) is 21.7. The molecular weight excluding hydrogens is 352 g/mol. The maximum Gasteiger partial charge on any atom is 0.245 e. The Bertz CT molecular complexity index is 544. The summed E-state index contributed by atoms with van der Waals surface area (Å²) in [6.45, 7) is 3.82. The molecule has 0 bridgehead atoms. The number of nitrogens with one attached hydrogen (secondary N) is 1. The van der Waals surface area contributed by atoms with Gasteiger partial charge in [0, 0.05) is 24.5 Å². The molecule has 0 aromatic carbocycles. The standard InChI is InChI=1S/C11H17BrN2O3S2/c1-8-7-14(3-4-17-8)19(15,16)10-5-9(6-13-2)18-11(10)12/h5,8,13H,3-4,6-7H2,1-2H3. The van der Waals surface area contributed by atoms with Gasteiger partial charge in [-0.05, 0) is 36.0 Å². The Morgan fingerprint density at radius 1 is 1.63 bits per heavy atom. The fourth-order valence-corrected chi connectivity index (χ4v) is 6.12. The van der Waals surface area contributed by atoms with Crippen LogP contribution in [0.1, 0.15) is 11.8 Å². The molecule has 19 heavy (non-hydrogen) atoms. The van der Waals surface area contributed by atoms with E-state index in [0.717, 1.165) is 4.88 Å². The molecule has 5 nitrogen and oxygen atoms in total. The molecule has 2 rings (SSSR count). The van der Waals surface area contributed by atoms with Gasteiger partial charge >= 0.3 is 0 Å². The predicted octanol–water partition coefficient (Wildman–Crippen LogP) is 1.64. The van der Waals surface area contributed by atoms with Gasteiger partial charge < -0.3 is 10.1 Å². The van der Waals surface area contributed by atoms with Crippen molar-refractivity contribution in [2.75, 3.05) is 26.7 Å². The third-order valence-corrected chi connectivity index (χ3v) is 7.00. The van der Waals surface area contributed by atoms with E-state index in [1.165, 1.54) is 15.6 Å². The van der Waals surface area contributed by atoms with Crippen LogP contribution in [0.2, 0.25) is 0 Å². The maximum absolute atomic E-state index is 12.6. The molecule has 1 aliphatic rings. The van der Waals surface area contributed by atoms with Crippen LogP contribution < -0.4 is 5.32 Å². The van der Waals surface area contributed by atoms with Crippen molar-refractivity contribution in [3.8, 4) is 0 Å². The Morgan fingerprint density at radius 3 is 3.00 bits per heavy atom. The van der Waals surface area contributed by atoms with Crippen LogP contribution in [-0.2, 0) is 21.3 Å². The number of sulfonamides is 1. The van der Waals surface area contributed by atoms with E-state index in [1.54, 1.807) is 6.07 Å². The molecular formula is C11H17BrN2O3S2. The summed E-state index contributed by atoms with van der Waals surface area (Å²) in [6.07, 6.45) is -0.0577. The first-order valence-corrected chi connectivity index (χ1v) is 9.04. The Kier molecular flexibility index (Phi) is 5.02. The monoisotopic (exact) mass is 368 g/mol. The second kappa shape index (κ2) is 6.19. The Morgan fingerprint density at radius 2 is 2.37 bits per heavy atom. The van der Waals surface area contributed by atoms with E-state index in [9.17, 15) is 8.42 Å². The van der Waals surface area contributed by atoms with E-state index in [2.05, 4.69) is 21.2 Å². The van der Waals surface area contributed by atoms with Crippen molar-refractivity contribution in [1.29, 1.82) is 0 Å². The van der Waals surface area contributed by atoms with Crippen LogP contribution >= 0.6 is 27.3 Å². The van der Waals surface area contributed by atoms with Gasteiger partial charge in [0.2, 0.25) is 10.0 Å². The van der Waals surface area contributed by atoms with Gasteiger partial charge in [0.25, 0.3) is 0 Å². The number of hydrogen-bond donors (Lipinski definition) is 1. The van der Waals surface area contributed by atoms with Crippen LogP contribution in [0.3, 0.4) is 0 Å². The lowest BCUT2D eigenvalue weighted by atomic mass is 10.3. The van der Waals surface area contributed by atoms with Crippen LogP contribution in [0, 0.1) is 0 Å². The van der Waals surface area contributed by atoms with Crippen molar-refractivity contribution in [2.45, 2.75) is 24.5 Å². The zero-order valence-electron chi connectivity index (χ0n) is 10.8. The summed E-state index contributed by atoms with van der Waals surface area (Å²) in [6, 6.07) is 1.74. The maximum atomic E-state index is 12.6. The van der Waals surface area contributed by atoms with Gasteiger partial charge in [-0.2, -0.15) is 4.31 Å². The zero-order chi connectivity index (χ0) is 14.0. The SMILES string of the molecule is CNCc1cc(S(=O)(=O)N2CCOC(C)C2)c(Br)s1. The largest absolute Gasteiger partial charge is 0.376 e. The summed E-state index contributed by atoms with van der Waals surface area (Å²) in [7, 11) is -1.60. The topological polar surface area (TPSA) is 58.6 Å². The number of rotatable bonds is 4. The van der Waals surface area contributed by atoms with Crippen molar-refractivity contribution in [2.24, 2.45) is 0 Å². The number of thiophene rings is 1. The molecule has 0 spiro atoms. The zero-order valence-corrected chi connectivity index (χ0v) is 14.1. The highest BCUT2D eigenvalue weighted by Crippen LogP contribution is 2.34. The number of nitrogens with zero attached hydrogens (tertiary/aromatic N) is 1. The van der Waals surface area contributed by atoms with Gasteiger partial charge in [-0.25, -0.2) is 8.42 Å². The second-order valence-corrected chi connectivity index (χ2v) is 8.79. The van der Waals surface area contributed by atoms with E-state index in [4.69, 9.17) is 4.74 Å². The van der Waals surface area contributed by atoms with E-state index in [0.29, 0.717) is 34.9 Å². The van der Waals surface area contributed by atoms with Gasteiger partial charge in [0.1, 0.15) is 4.90 Å². The average molecular weight is 369 g/mol. The van der Waals surface area contributed by atoms with E-state index < -0.39 is 10.0 Å². The highest BCUT2D eigenvalue weighted by Gasteiger charge is 2.31. The van der Waals surface area contributed by atoms with E-state index in [-0.39, 0.29) is 6.10 Å². The summed E-state index contributed by atoms with van der Waals surface area (Å²) in [4.78, 5) is 1.35. The first-order valence-electron chi connectivity index (χ1n) is 5.99. The quantitative estimate of drug-likeness (QED) is 0.877. The third-order valence-electron chi connectivity index (χ3n) is 2.88. The summed E-state index contributed by atoms with van der Waals surface area (Å²) >= 11 is 4.81. The molecule has 0 amide bonds. The number of ether oxygens (including phenoxy) is 1. The molecule has 1 fully saturated rings. The minimum atomic E-state index is -3.43. The molecule has 0 radical (unpaired) electrons. The number of hydrogen-bond acceptors (Lipinski definition) is 5. The first-order chi connectivity index (χ1) is 8.95. The van der Waals surface area contributed by atoms with Gasteiger partial charge in [-0.3, -0.25) is 0 Å². The molecule has 1 atom stereocenters. The lowest BCUT2D eigenvalue weighted by Gasteiger charge is -2.30. The molecule has 1 saturated heterocycles. The molecule has 1 aromatic heterocycles. The van der Waals surface area contributed by atoms with Crippen molar-refractivity contribution in [1.82, 2.24) is 9.62 Å². The fourth-order valence-electron chi connectivity index (χ4n) is 1.98. The molecule has 0 saturated carbocycles. The first kappa shape index (κ1) is 15.4. The molecule has 1 N–H and O–H groups in total. The van der Waals surface area contributed by atoms with Gasteiger partial charge in [-0.15, -0.1) is 11.3 Å². The van der Waals surface area contributed by atoms with Gasteiger partial charge in [-0.1, -0.05) is 0 Å². The molecule has 1 unspecified atom stereocenters. The number of morpholine rings is 1. The molecule has 1 aliphatic heterocycles. The predicted molar refractivity (Wildman–Crippen MR) is 79.0 cm³/mol. The Labute approximate surface area is 126 Å². The van der Waals surface area contributed by atoms with Crippen LogP contribution in [0.4, 0.5) is 0 Å². The Hall–Kier alpha value is 0.01000. The van der Waals surface area contributed by atoms with Crippen LogP contribution in [-0.4, -0.2) is 45.6 Å². The average Bonchev–Trinajstić information content (AvgIpc) is 2.71. The van der Waals surface area contributed by atoms with Crippen molar-refractivity contribution >= 4 is 37.3 Å². The smallest absolute Gasteiger partial charge is 0.245 e.